The van der Waals surface area contributed by atoms with Gasteiger partial charge in [0.15, 0.2) is 0 Å². The fourth-order valence-corrected chi connectivity index (χ4v) is 5.02. The summed E-state index contributed by atoms with van der Waals surface area (Å²) in [6, 6.07) is 1.50. The summed E-state index contributed by atoms with van der Waals surface area (Å²) >= 11 is 3.23. The number of alkyl halides is 3. The lowest BCUT2D eigenvalue weighted by Gasteiger charge is -2.08. The van der Waals surface area contributed by atoms with Gasteiger partial charge in [0.25, 0.3) is 9.28 Å². The molecule has 0 N–H and O–H groups in total. The van der Waals surface area contributed by atoms with Crippen LogP contribution in [0.3, 0.4) is 0 Å². The van der Waals surface area contributed by atoms with E-state index in [1.165, 1.54) is 0 Å². The van der Waals surface area contributed by atoms with Crippen molar-refractivity contribution in [2.45, 2.75) is 19.6 Å². The number of hydrogen-bond acceptors (Lipinski definition) is 6. The van der Waals surface area contributed by atoms with E-state index in [0.29, 0.717) is 6.07 Å². The van der Waals surface area contributed by atoms with E-state index in [1.807, 2.05) is 0 Å². The van der Waals surface area contributed by atoms with Crippen LogP contribution >= 0.6 is 35.6 Å². The van der Waals surface area contributed by atoms with Crippen LogP contribution in [-0.4, -0.2) is 8.52 Å². The minimum Gasteiger partial charge on any atom is -0.269 e. The zero-order valence-electron chi connectivity index (χ0n) is 8.19. The minimum atomic E-state index is -4.60. The monoisotopic (exact) mass is 313 g/mol. The summed E-state index contributed by atoms with van der Waals surface area (Å²) in [6.45, 7) is 0. The molecule has 3 rings (SSSR count). The molecule has 1 saturated heterocycles. The maximum absolute atomic E-state index is 12.6. The highest BCUT2D eigenvalue weighted by Gasteiger charge is 2.57. The van der Waals surface area contributed by atoms with Crippen LogP contribution < -0.4 is 0 Å². The Morgan fingerprint density at radius 2 is 2.00 bits per heavy atom. The second-order valence-electron chi connectivity index (χ2n) is 3.45. The van der Waals surface area contributed by atoms with Crippen LogP contribution in [0.2, 0.25) is 0 Å². The molecule has 0 amide bonds. The smallest absolute Gasteiger partial charge is 0.269 e. The number of thioether (sulfide) groups is 2. The van der Waals surface area contributed by atoms with E-state index in [1.54, 1.807) is 0 Å². The molecule has 1 aromatic carbocycles. The summed E-state index contributed by atoms with van der Waals surface area (Å²) in [5, 5.41) is 10.8. The average Bonchev–Trinajstić information content (AvgIpc) is 2.88. The van der Waals surface area contributed by atoms with Gasteiger partial charge in [0.05, 0.1) is 22.5 Å². The number of benzene rings is 1. The molecule has 4 nitrogen and oxygen atoms in total. The van der Waals surface area contributed by atoms with E-state index in [2.05, 4.69) is 0 Å². The van der Waals surface area contributed by atoms with Gasteiger partial charge in [-0.1, -0.05) is 23.5 Å². The SMILES string of the molecule is O=[N+]([O-])c1cc(C(F)(F)F)cc2c1SC1(OS1)S2. The van der Waals surface area contributed by atoms with Gasteiger partial charge in [0, 0.05) is 11.0 Å². The Labute approximate surface area is 111 Å². The molecule has 1 atom stereocenters. The molecule has 2 heterocycles. The number of nitro groups is 1. The first-order valence-corrected chi connectivity index (χ1v) is 6.83. The van der Waals surface area contributed by atoms with Crippen LogP contribution in [0.1, 0.15) is 5.56 Å². The van der Waals surface area contributed by atoms with E-state index in [9.17, 15) is 23.3 Å². The Kier molecular flexibility index (Phi) is 2.57. The first-order valence-electron chi connectivity index (χ1n) is 4.45. The normalized spacial score (nSPS) is 25.3. The van der Waals surface area contributed by atoms with Crippen molar-refractivity contribution in [3.05, 3.63) is 27.8 Å². The van der Waals surface area contributed by atoms with E-state index in [0.717, 1.165) is 41.6 Å². The first-order chi connectivity index (χ1) is 8.31. The lowest BCUT2D eigenvalue weighted by Crippen LogP contribution is -2.06. The van der Waals surface area contributed by atoms with E-state index >= 15 is 0 Å². The Balaban J connectivity index is 2.14. The zero-order chi connectivity index (χ0) is 13.1. The number of nitrogens with zero attached hydrogens (tertiary/aromatic N) is 1. The predicted molar refractivity (Wildman–Crippen MR) is 61.2 cm³/mol. The third kappa shape index (κ3) is 1.96. The van der Waals surface area contributed by atoms with Crippen LogP contribution in [-0.2, 0) is 10.4 Å². The minimum absolute atomic E-state index is 0.239. The van der Waals surface area contributed by atoms with Crippen molar-refractivity contribution in [2.24, 2.45) is 0 Å². The third-order valence-corrected chi connectivity index (χ3v) is 6.30. The van der Waals surface area contributed by atoms with E-state index < -0.39 is 25.9 Å². The van der Waals surface area contributed by atoms with Crippen molar-refractivity contribution in [3.8, 4) is 0 Å². The van der Waals surface area contributed by atoms with E-state index in [-0.39, 0.29) is 9.79 Å². The molecule has 0 bridgehead atoms. The topological polar surface area (TPSA) is 55.7 Å². The summed E-state index contributed by atoms with van der Waals surface area (Å²) < 4.78 is 42.2. The van der Waals surface area contributed by atoms with Crippen molar-refractivity contribution in [3.63, 3.8) is 0 Å². The van der Waals surface area contributed by atoms with Crippen molar-refractivity contribution >= 4 is 41.3 Å². The number of hydrogen-bond donors (Lipinski definition) is 0. The number of nitro benzene ring substituents is 1. The quantitative estimate of drug-likeness (QED) is 0.337. The maximum atomic E-state index is 12.6. The van der Waals surface area contributed by atoms with Crippen LogP contribution in [0.15, 0.2) is 21.9 Å². The predicted octanol–water partition coefficient (Wildman–Crippen LogP) is 4.10. The third-order valence-electron chi connectivity index (χ3n) is 2.24. The van der Waals surface area contributed by atoms with Gasteiger partial charge >= 0.3 is 6.18 Å². The van der Waals surface area contributed by atoms with Gasteiger partial charge in [-0.2, -0.15) is 13.2 Å². The number of rotatable bonds is 1. The summed E-state index contributed by atoms with van der Waals surface area (Å²) in [4.78, 5) is 10.5. The molecule has 2 aliphatic heterocycles. The molecule has 0 saturated carbocycles. The second-order valence-corrected chi connectivity index (χ2v) is 7.54. The Morgan fingerprint density at radius 3 is 2.50 bits per heavy atom. The number of fused-ring (bicyclic) bond motifs is 1. The van der Waals surface area contributed by atoms with Gasteiger partial charge in [-0.25, -0.2) is 0 Å². The van der Waals surface area contributed by atoms with Gasteiger partial charge in [0.2, 0.25) is 0 Å². The zero-order valence-corrected chi connectivity index (χ0v) is 10.6. The number of halogens is 3. The molecule has 0 aliphatic carbocycles. The largest absolute Gasteiger partial charge is 0.416 e. The molecule has 0 aromatic heterocycles. The van der Waals surface area contributed by atoms with Crippen molar-refractivity contribution in [1.29, 1.82) is 0 Å². The lowest BCUT2D eigenvalue weighted by atomic mass is 10.2. The molecule has 18 heavy (non-hydrogen) atoms. The molecule has 1 spiro atoms. The molecule has 1 unspecified atom stereocenters. The molecule has 10 heteroatoms. The Bertz CT molecular complexity index is 558. The first kappa shape index (κ1) is 12.5. The highest BCUT2D eigenvalue weighted by molar-refractivity contribution is 8.38. The highest BCUT2D eigenvalue weighted by atomic mass is 32.3. The molecule has 1 aromatic rings. The van der Waals surface area contributed by atoms with Crippen LogP contribution in [0.25, 0.3) is 0 Å². The fourth-order valence-electron chi connectivity index (χ4n) is 1.45. The van der Waals surface area contributed by atoms with Gasteiger partial charge < -0.3 is 0 Å². The van der Waals surface area contributed by atoms with E-state index in [4.69, 9.17) is 4.18 Å². The summed E-state index contributed by atoms with van der Waals surface area (Å²) in [5.74, 6) is 0. The van der Waals surface area contributed by atoms with Crippen molar-refractivity contribution < 1.29 is 22.3 Å². The van der Waals surface area contributed by atoms with Crippen molar-refractivity contribution in [1.82, 2.24) is 0 Å². The Morgan fingerprint density at radius 1 is 1.33 bits per heavy atom. The second kappa shape index (κ2) is 3.71. The van der Waals surface area contributed by atoms with Gasteiger partial charge in [-0.15, -0.1) is 0 Å². The summed E-state index contributed by atoms with van der Waals surface area (Å²) in [7, 11) is 0. The van der Waals surface area contributed by atoms with Gasteiger partial charge in [-0.05, 0) is 6.07 Å². The van der Waals surface area contributed by atoms with Crippen LogP contribution in [0, 0.1) is 10.1 Å². The van der Waals surface area contributed by atoms with Gasteiger partial charge in [-0.3, -0.25) is 14.3 Å². The molecule has 2 aliphatic rings. The lowest BCUT2D eigenvalue weighted by molar-refractivity contribution is -0.388. The molecular weight excluding hydrogens is 311 g/mol. The highest BCUT2D eigenvalue weighted by Crippen LogP contribution is 2.74. The van der Waals surface area contributed by atoms with Crippen molar-refractivity contribution in [2.75, 3.05) is 0 Å². The molecule has 96 valence electrons. The maximum Gasteiger partial charge on any atom is 0.416 e. The van der Waals surface area contributed by atoms with Crippen LogP contribution in [0.5, 0.6) is 0 Å². The molecule has 0 radical (unpaired) electrons. The van der Waals surface area contributed by atoms with Crippen LogP contribution in [0.4, 0.5) is 18.9 Å². The standard InChI is InChI=1S/C8H2F3NO3S3/c9-7(10,11)3-1-4(12(13)14)6-5(2-3)16-8(17-6)15-18-8/h1-2H. The fraction of sp³-hybridized carbons (Fsp3) is 0.250. The summed E-state index contributed by atoms with van der Waals surface area (Å²) in [5.41, 5.74) is -1.53. The Hall–Kier alpha value is -0.580. The molecule has 1 fully saturated rings. The van der Waals surface area contributed by atoms with Gasteiger partial charge in [0.1, 0.15) is 4.90 Å². The summed E-state index contributed by atoms with van der Waals surface area (Å²) in [6.07, 6.45) is -4.60. The molecular formula is C8H2F3NO3S3. The average molecular weight is 313 g/mol.